The molecule has 1 heterocycles. The highest BCUT2D eigenvalue weighted by molar-refractivity contribution is 6.30. The predicted molar refractivity (Wildman–Crippen MR) is 83.3 cm³/mol. The average molecular weight is 344 g/mol. The number of ketones is 1. The van der Waals surface area contributed by atoms with Gasteiger partial charge in [0.25, 0.3) is 0 Å². The van der Waals surface area contributed by atoms with E-state index in [-0.39, 0.29) is 23.7 Å². The van der Waals surface area contributed by atoms with Crippen LogP contribution in [0.15, 0.2) is 18.2 Å². The molecule has 0 saturated carbocycles. The molecule has 1 aromatic rings. The standard InChI is InChI=1S/C16H19ClFNO4/c1-16(2,3)23-15(21)19-6-7-22-9-13(19)14(20)11-5-4-10(17)8-12(11)18/h4-5,8,13H,6-7,9H2,1-3H3. The van der Waals surface area contributed by atoms with Crippen molar-refractivity contribution in [1.29, 1.82) is 0 Å². The second-order valence-electron chi connectivity index (χ2n) is 6.25. The van der Waals surface area contributed by atoms with Crippen molar-refractivity contribution in [3.63, 3.8) is 0 Å². The number of morpholine rings is 1. The molecule has 0 aliphatic carbocycles. The van der Waals surface area contributed by atoms with E-state index in [9.17, 15) is 14.0 Å². The molecular weight excluding hydrogens is 325 g/mol. The first-order chi connectivity index (χ1) is 10.7. The van der Waals surface area contributed by atoms with E-state index in [1.807, 2.05) is 0 Å². The number of halogens is 2. The van der Waals surface area contributed by atoms with E-state index < -0.39 is 29.3 Å². The van der Waals surface area contributed by atoms with Gasteiger partial charge in [0, 0.05) is 11.6 Å². The zero-order chi connectivity index (χ0) is 17.2. The molecule has 1 aliphatic rings. The quantitative estimate of drug-likeness (QED) is 0.773. The van der Waals surface area contributed by atoms with Crippen molar-refractivity contribution in [2.45, 2.75) is 32.4 Å². The lowest BCUT2D eigenvalue weighted by Gasteiger charge is -2.35. The SMILES string of the molecule is CC(C)(C)OC(=O)N1CCOCC1C(=O)c1ccc(Cl)cc1F. The van der Waals surface area contributed by atoms with Crippen molar-refractivity contribution >= 4 is 23.5 Å². The molecule has 1 aromatic carbocycles. The Kier molecular flexibility index (Phi) is 5.26. The summed E-state index contributed by atoms with van der Waals surface area (Å²) in [6.45, 7) is 5.72. The molecule has 1 amide bonds. The lowest BCUT2D eigenvalue weighted by molar-refractivity contribution is -0.0266. The molecule has 1 unspecified atom stereocenters. The van der Waals surface area contributed by atoms with Crippen molar-refractivity contribution < 1.29 is 23.5 Å². The monoisotopic (exact) mass is 343 g/mol. The fraction of sp³-hybridized carbons (Fsp3) is 0.500. The molecule has 126 valence electrons. The van der Waals surface area contributed by atoms with E-state index in [2.05, 4.69) is 0 Å². The molecule has 5 nitrogen and oxygen atoms in total. The third-order valence-corrected chi connectivity index (χ3v) is 3.49. The van der Waals surface area contributed by atoms with Gasteiger partial charge in [0.1, 0.15) is 17.5 Å². The fourth-order valence-electron chi connectivity index (χ4n) is 2.23. The van der Waals surface area contributed by atoms with Crippen molar-refractivity contribution in [2.24, 2.45) is 0 Å². The van der Waals surface area contributed by atoms with Gasteiger partial charge >= 0.3 is 6.09 Å². The highest BCUT2D eigenvalue weighted by Gasteiger charge is 2.36. The van der Waals surface area contributed by atoms with Crippen molar-refractivity contribution in [2.75, 3.05) is 19.8 Å². The van der Waals surface area contributed by atoms with Crippen LogP contribution >= 0.6 is 11.6 Å². The van der Waals surface area contributed by atoms with Crippen molar-refractivity contribution in [3.05, 3.63) is 34.6 Å². The van der Waals surface area contributed by atoms with Gasteiger partial charge in [-0.15, -0.1) is 0 Å². The molecule has 23 heavy (non-hydrogen) atoms. The number of carbonyl (C=O) groups excluding carboxylic acids is 2. The number of Topliss-reactive ketones (excluding diaryl/α,β-unsaturated/α-hetero) is 1. The molecule has 7 heteroatoms. The number of benzene rings is 1. The third-order valence-electron chi connectivity index (χ3n) is 3.26. The van der Waals surface area contributed by atoms with Crippen LogP contribution in [0.4, 0.5) is 9.18 Å². The first kappa shape index (κ1) is 17.7. The molecule has 0 bridgehead atoms. The highest BCUT2D eigenvalue weighted by atomic mass is 35.5. The molecule has 0 aromatic heterocycles. The molecule has 1 fully saturated rings. The number of hydrogen-bond acceptors (Lipinski definition) is 4. The molecular formula is C16H19ClFNO4. The number of ether oxygens (including phenoxy) is 2. The van der Waals surface area contributed by atoms with E-state index in [0.29, 0.717) is 6.61 Å². The normalized spacial score (nSPS) is 18.7. The van der Waals surface area contributed by atoms with Crippen LogP contribution in [0.3, 0.4) is 0 Å². The van der Waals surface area contributed by atoms with Gasteiger partial charge in [-0.05, 0) is 39.0 Å². The van der Waals surface area contributed by atoms with Crippen LogP contribution in [0, 0.1) is 5.82 Å². The molecule has 0 spiro atoms. The summed E-state index contributed by atoms with van der Waals surface area (Å²) in [5.74, 6) is -1.26. The Hall–Kier alpha value is -1.66. The second kappa shape index (κ2) is 6.84. The van der Waals surface area contributed by atoms with Crippen LogP contribution in [0.5, 0.6) is 0 Å². The summed E-state index contributed by atoms with van der Waals surface area (Å²) in [7, 11) is 0. The molecule has 2 rings (SSSR count). The molecule has 0 radical (unpaired) electrons. The van der Waals surface area contributed by atoms with E-state index in [0.717, 1.165) is 6.07 Å². The van der Waals surface area contributed by atoms with E-state index in [1.165, 1.54) is 17.0 Å². The lowest BCUT2D eigenvalue weighted by Crippen LogP contribution is -2.54. The van der Waals surface area contributed by atoms with Gasteiger partial charge in [-0.1, -0.05) is 11.6 Å². The summed E-state index contributed by atoms with van der Waals surface area (Å²) in [5, 5.41) is 0.197. The lowest BCUT2D eigenvalue weighted by atomic mass is 10.0. The van der Waals surface area contributed by atoms with Gasteiger partial charge < -0.3 is 9.47 Å². The minimum Gasteiger partial charge on any atom is -0.444 e. The number of carbonyl (C=O) groups is 2. The second-order valence-corrected chi connectivity index (χ2v) is 6.69. The van der Waals surface area contributed by atoms with Gasteiger partial charge in [0.15, 0.2) is 5.78 Å². The van der Waals surface area contributed by atoms with E-state index in [1.54, 1.807) is 20.8 Å². The minimum absolute atomic E-state index is 0.000141. The Morgan fingerprint density at radius 1 is 1.39 bits per heavy atom. The van der Waals surface area contributed by atoms with Gasteiger partial charge in [-0.2, -0.15) is 0 Å². The highest BCUT2D eigenvalue weighted by Crippen LogP contribution is 2.21. The summed E-state index contributed by atoms with van der Waals surface area (Å²) in [5.41, 5.74) is -0.812. The Morgan fingerprint density at radius 2 is 2.09 bits per heavy atom. The van der Waals surface area contributed by atoms with E-state index >= 15 is 0 Å². The van der Waals surface area contributed by atoms with Crippen molar-refractivity contribution in [1.82, 2.24) is 4.90 Å². The molecule has 1 atom stereocenters. The van der Waals surface area contributed by atoms with Gasteiger partial charge in [-0.25, -0.2) is 9.18 Å². The molecule has 1 aliphatic heterocycles. The number of hydrogen-bond donors (Lipinski definition) is 0. The summed E-state index contributed by atoms with van der Waals surface area (Å²) in [6.07, 6.45) is -0.617. The Balaban J connectivity index is 2.23. The first-order valence-corrected chi connectivity index (χ1v) is 7.63. The summed E-state index contributed by atoms with van der Waals surface area (Å²) in [6, 6.07) is 2.88. The van der Waals surface area contributed by atoms with Crippen LogP contribution < -0.4 is 0 Å². The van der Waals surface area contributed by atoms with E-state index in [4.69, 9.17) is 21.1 Å². The van der Waals surface area contributed by atoms with Crippen LogP contribution in [-0.4, -0.2) is 48.2 Å². The van der Waals surface area contributed by atoms with Gasteiger partial charge in [0.2, 0.25) is 0 Å². The zero-order valence-electron chi connectivity index (χ0n) is 13.3. The fourth-order valence-corrected chi connectivity index (χ4v) is 2.39. The largest absolute Gasteiger partial charge is 0.444 e. The van der Waals surface area contributed by atoms with Gasteiger partial charge in [0.05, 0.1) is 18.8 Å². The van der Waals surface area contributed by atoms with Crippen LogP contribution in [-0.2, 0) is 9.47 Å². The number of nitrogens with zero attached hydrogens (tertiary/aromatic N) is 1. The maximum absolute atomic E-state index is 14.0. The average Bonchev–Trinajstić information content (AvgIpc) is 2.45. The number of amides is 1. The minimum atomic E-state index is -0.922. The third kappa shape index (κ3) is 4.42. The Morgan fingerprint density at radius 3 is 2.70 bits per heavy atom. The molecule has 0 N–H and O–H groups in total. The Labute approximate surface area is 139 Å². The maximum Gasteiger partial charge on any atom is 0.411 e. The Bertz CT molecular complexity index is 615. The summed E-state index contributed by atoms with van der Waals surface area (Å²) < 4.78 is 24.6. The topological polar surface area (TPSA) is 55.8 Å². The zero-order valence-corrected chi connectivity index (χ0v) is 14.0. The summed E-state index contributed by atoms with van der Waals surface area (Å²) >= 11 is 5.70. The van der Waals surface area contributed by atoms with Crippen LogP contribution in [0.1, 0.15) is 31.1 Å². The van der Waals surface area contributed by atoms with Crippen LogP contribution in [0.2, 0.25) is 5.02 Å². The van der Waals surface area contributed by atoms with Gasteiger partial charge in [-0.3, -0.25) is 9.69 Å². The van der Waals surface area contributed by atoms with Crippen molar-refractivity contribution in [3.8, 4) is 0 Å². The molecule has 1 saturated heterocycles. The number of rotatable bonds is 2. The predicted octanol–water partition coefficient (Wildman–Crippen LogP) is 3.30. The first-order valence-electron chi connectivity index (χ1n) is 7.25. The summed E-state index contributed by atoms with van der Waals surface area (Å²) in [4.78, 5) is 26.2. The maximum atomic E-state index is 14.0. The smallest absolute Gasteiger partial charge is 0.411 e. The van der Waals surface area contributed by atoms with Crippen LogP contribution in [0.25, 0.3) is 0 Å².